The molecule has 0 radical (unpaired) electrons. The van der Waals surface area contributed by atoms with Gasteiger partial charge < -0.3 is 64.4 Å². The Bertz CT molecular complexity index is 3450. The van der Waals surface area contributed by atoms with Crippen LogP contribution in [0.3, 0.4) is 0 Å². The number of unbranched alkanes of at least 4 members (excludes halogenated alkanes) is 1. The minimum atomic E-state index is -1.38. The smallest absolute Gasteiger partial charge is 0.244 e. The predicted molar refractivity (Wildman–Crippen MR) is 331 cm³/mol. The number of amides is 8. The first-order valence-corrected chi connectivity index (χ1v) is 30.8. The maximum absolute atomic E-state index is 14.9. The quantitative estimate of drug-likeness (QED) is 0.0409. The largest absolute Gasteiger partial charge is 0.368 e. The summed E-state index contributed by atoms with van der Waals surface area (Å²) in [5.74, 6) is -6.94. The zero-order chi connectivity index (χ0) is 60.4. The fraction of sp³-hybridized carbons (Fsp3) is 0.339. The molecule has 0 aliphatic carbocycles. The number of benzene rings is 5. The highest BCUT2D eigenvalue weighted by Crippen LogP contribution is 2.26. The summed E-state index contributed by atoms with van der Waals surface area (Å²) in [4.78, 5) is 126. The Kier molecular flexibility index (Phi) is 22.3. The number of rotatable bonds is 19. The first-order valence-electron chi connectivity index (χ1n) is 28.3. The van der Waals surface area contributed by atoms with Crippen molar-refractivity contribution in [1.29, 1.82) is 0 Å². The van der Waals surface area contributed by atoms with E-state index in [9.17, 15) is 38.4 Å². The molecule has 23 heteroatoms. The number of nitrogens with two attached hydrogens (primary N) is 3. The Labute approximate surface area is 500 Å². The summed E-state index contributed by atoms with van der Waals surface area (Å²) in [5.41, 5.74) is 23.6. The van der Waals surface area contributed by atoms with Gasteiger partial charge in [0.2, 0.25) is 47.3 Å². The molecule has 446 valence electrons. The van der Waals surface area contributed by atoms with Gasteiger partial charge >= 0.3 is 0 Å². The van der Waals surface area contributed by atoms with E-state index in [4.69, 9.17) is 17.2 Å². The van der Waals surface area contributed by atoms with Crippen LogP contribution in [0.5, 0.6) is 0 Å². The van der Waals surface area contributed by atoms with Crippen LogP contribution in [0.4, 0.5) is 0 Å². The fourth-order valence-corrected chi connectivity index (χ4v) is 12.3. The highest BCUT2D eigenvalue weighted by atomic mass is 33.1. The Morgan fingerprint density at radius 1 is 0.659 bits per heavy atom. The number of carbonyl (C=O) groups excluding carboxylic acids is 8. The molecular formula is C62H73N13O8S2. The molecule has 1 saturated heterocycles. The lowest BCUT2D eigenvalue weighted by Crippen LogP contribution is -2.61. The van der Waals surface area contributed by atoms with Gasteiger partial charge in [0.05, 0.1) is 12.4 Å². The van der Waals surface area contributed by atoms with Crippen LogP contribution >= 0.6 is 21.6 Å². The summed E-state index contributed by atoms with van der Waals surface area (Å²) >= 11 is 0. The van der Waals surface area contributed by atoms with Gasteiger partial charge in [0.15, 0.2) is 0 Å². The van der Waals surface area contributed by atoms with Crippen molar-refractivity contribution in [2.75, 3.05) is 18.1 Å². The topological polar surface area (TPSA) is 343 Å². The van der Waals surface area contributed by atoms with Gasteiger partial charge in [-0.25, -0.2) is 4.98 Å². The van der Waals surface area contributed by atoms with Crippen LogP contribution in [0.25, 0.3) is 32.8 Å². The lowest BCUT2D eigenvalue weighted by atomic mass is 9.99. The lowest BCUT2D eigenvalue weighted by molar-refractivity contribution is -0.136. The number of carbonyl (C=O) groups is 8. The van der Waals surface area contributed by atoms with E-state index in [0.717, 1.165) is 60.0 Å². The molecular weight excluding hydrogens is 1120 g/mol. The molecule has 0 bridgehead atoms. The van der Waals surface area contributed by atoms with E-state index in [1.807, 2.05) is 121 Å². The van der Waals surface area contributed by atoms with Crippen molar-refractivity contribution in [3.8, 4) is 11.1 Å². The number of fused-ring (bicyclic) bond motifs is 2. The third-order valence-electron chi connectivity index (χ3n) is 14.7. The first kappa shape index (κ1) is 62.5. The van der Waals surface area contributed by atoms with Gasteiger partial charge in [-0.05, 0) is 82.8 Å². The molecule has 15 N–H and O–H groups in total. The number of primary amides is 1. The number of aromatic amines is 2. The molecule has 1 aliphatic heterocycles. The highest BCUT2D eigenvalue weighted by molar-refractivity contribution is 8.76. The zero-order valence-electron chi connectivity index (χ0n) is 47.3. The molecule has 2 aromatic heterocycles. The Morgan fingerprint density at radius 2 is 1.33 bits per heavy atom. The molecule has 1 fully saturated rings. The number of hydrogen-bond donors (Lipinski definition) is 12. The molecule has 85 heavy (non-hydrogen) atoms. The van der Waals surface area contributed by atoms with Gasteiger partial charge in [-0.1, -0.05) is 151 Å². The number of nitrogens with zero attached hydrogens (tertiary/aromatic N) is 1. The van der Waals surface area contributed by atoms with Gasteiger partial charge in [0.25, 0.3) is 0 Å². The van der Waals surface area contributed by atoms with Crippen molar-refractivity contribution in [3.63, 3.8) is 0 Å². The molecule has 8 amide bonds. The van der Waals surface area contributed by atoms with Crippen LogP contribution in [0.1, 0.15) is 55.5 Å². The van der Waals surface area contributed by atoms with E-state index >= 15 is 0 Å². The molecule has 5 aromatic carbocycles. The standard InChI is InChI=1S/C62H73N13O8S2/c1-36(2)54-62(83)74-53(60(81)70-49(55(65)76)28-37-13-12-18-42(25-37)39-14-4-3-5-15-39)34-85-84-33-52(73-56(77)46(64)27-38-22-23-40-16-6-7-17-41(40)26-38)61(82)72-51(30-44-32-66-35-68-44)59(80)71-50(29-43-31-67-47-20-9-8-19-45(43)47)58(79)69-48(57(78)75-54)21-10-11-24-63/h3-9,12-20,22-23,25-26,31-32,35-36,46,48-54,67H,10-11,21,24,27-30,33-34,63-64H2,1-2H3,(H2,65,76)(H,66,68)(H,69,79)(H,70,81)(H,71,80)(H,72,82)(H,73,77)(H,74,83)(H,75,78)/t46-,48-,49-,50+,51-,52+,53-,54-/m0/s1. The van der Waals surface area contributed by atoms with Crippen molar-refractivity contribution >= 4 is 90.5 Å². The molecule has 7 aromatic rings. The van der Waals surface area contributed by atoms with Crippen LogP contribution in [-0.2, 0) is 64.0 Å². The van der Waals surface area contributed by atoms with Crippen LogP contribution in [0.15, 0.2) is 140 Å². The van der Waals surface area contributed by atoms with Crippen LogP contribution in [-0.4, -0.2) is 129 Å². The fourth-order valence-electron chi connectivity index (χ4n) is 10.0. The van der Waals surface area contributed by atoms with E-state index in [1.54, 1.807) is 20.0 Å². The third-order valence-corrected chi connectivity index (χ3v) is 17.2. The highest BCUT2D eigenvalue weighted by Gasteiger charge is 2.36. The summed E-state index contributed by atoms with van der Waals surface area (Å²) in [6, 6.07) is 27.6. The maximum atomic E-state index is 14.9. The van der Waals surface area contributed by atoms with Crippen molar-refractivity contribution in [2.45, 2.75) is 107 Å². The summed E-state index contributed by atoms with van der Waals surface area (Å²) in [6.45, 7) is 3.70. The second-order valence-corrected chi connectivity index (χ2v) is 24.0. The predicted octanol–water partition coefficient (Wildman–Crippen LogP) is 3.37. The summed E-state index contributed by atoms with van der Waals surface area (Å²) in [5, 5.41) is 22.5. The molecule has 8 atom stereocenters. The van der Waals surface area contributed by atoms with Crippen molar-refractivity contribution in [1.82, 2.24) is 52.2 Å². The molecule has 8 rings (SSSR count). The van der Waals surface area contributed by atoms with E-state index in [1.165, 1.54) is 12.5 Å². The molecule has 21 nitrogen and oxygen atoms in total. The summed E-state index contributed by atoms with van der Waals surface area (Å²) in [7, 11) is 2.15. The minimum Gasteiger partial charge on any atom is -0.368 e. The van der Waals surface area contributed by atoms with Crippen LogP contribution in [0, 0.1) is 5.92 Å². The van der Waals surface area contributed by atoms with Crippen molar-refractivity contribution in [3.05, 3.63) is 162 Å². The van der Waals surface area contributed by atoms with Crippen LogP contribution < -0.4 is 54.4 Å². The number of aromatic nitrogens is 3. The first-order chi connectivity index (χ1) is 41.0. The SMILES string of the molecule is CC(C)[C@@H]1NC(=O)[C@H](CCCCN)NC(=O)[C@@H](Cc2c[nH]c3ccccc23)NC(=O)[C@H](Cc2cnc[nH]2)NC(=O)[C@H](NC(=O)[C@@H](N)Cc2ccc3ccccc3c2)CSSC[C@@H](C(=O)N[C@@H](Cc2cccc(-c3ccccc3)c2)C(N)=O)NC1=O. The van der Waals surface area contributed by atoms with E-state index in [2.05, 4.69) is 52.2 Å². The van der Waals surface area contributed by atoms with Gasteiger partial charge in [0, 0.05) is 59.8 Å². The zero-order valence-corrected chi connectivity index (χ0v) is 48.9. The maximum Gasteiger partial charge on any atom is 0.244 e. The molecule has 0 spiro atoms. The lowest BCUT2D eigenvalue weighted by Gasteiger charge is -2.29. The molecule has 0 unspecified atom stereocenters. The van der Waals surface area contributed by atoms with Gasteiger partial charge in [0.1, 0.15) is 42.3 Å². The molecule has 0 saturated carbocycles. The average Bonchev–Trinajstić information content (AvgIpc) is 4.37. The molecule has 3 heterocycles. The number of imidazole rings is 1. The van der Waals surface area contributed by atoms with E-state index in [-0.39, 0.29) is 43.6 Å². The Hall–Kier alpha value is -8.51. The summed E-state index contributed by atoms with van der Waals surface area (Å²) in [6.07, 6.45) is 5.53. The summed E-state index contributed by atoms with van der Waals surface area (Å²) < 4.78 is 0. The minimum absolute atomic E-state index is 0.00770. The number of nitrogens with one attached hydrogen (secondary N) is 9. The van der Waals surface area contributed by atoms with E-state index in [0.29, 0.717) is 36.2 Å². The van der Waals surface area contributed by atoms with Crippen molar-refractivity contribution in [2.24, 2.45) is 23.1 Å². The van der Waals surface area contributed by atoms with E-state index < -0.39 is 102 Å². The third kappa shape index (κ3) is 17.5. The number of para-hydroxylation sites is 1. The van der Waals surface area contributed by atoms with Crippen molar-refractivity contribution < 1.29 is 38.4 Å². The average molecular weight is 1190 g/mol. The Morgan fingerprint density at radius 3 is 2.07 bits per heavy atom. The van der Waals surface area contributed by atoms with Gasteiger partial charge in [-0.2, -0.15) is 0 Å². The number of H-pyrrole nitrogens is 2. The monoisotopic (exact) mass is 1190 g/mol. The Balaban J connectivity index is 1.12. The van der Waals surface area contributed by atoms with Gasteiger partial charge in [-0.15, -0.1) is 0 Å². The second-order valence-electron chi connectivity index (χ2n) is 21.5. The normalized spacial score (nSPS) is 20.3. The number of hydrogen-bond acceptors (Lipinski definition) is 13. The van der Waals surface area contributed by atoms with Gasteiger partial charge in [-0.3, -0.25) is 38.4 Å². The molecule has 1 aliphatic rings. The van der Waals surface area contributed by atoms with Crippen LogP contribution in [0.2, 0.25) is 0 Å². The second kappa shape index (κ2) is 30.3.